The lowest BCUT2D eigenvalue weighted by molar-refractivity contribution is 0.102. The van der Waals surface area contributed by atoms with Crippen LogP contribution < -0.4 is 10.6 Å². The van der Waals surface area contributed by atoms with Crippen LogP contribution in [0.25, 0.3) is 11.1 Å². The van der Waals surface area contributed by atoms with Crippen LogP contribution in [0, 0.1) is 5.92 Å². The second kappa shape index (κ2) is 9.30. The topological polar surface area (TPSA) is 41.1 Å². The van der Waals surface area contributed by atoms with Crippen molar-refractivity contribution in [3.8, 4) is 11.1 Å². The molecule has 0 spiro atoms. The highest BCUT2D eigenvalue weighted by Crippen LogP contribution is 2.42. The van der Waals surface area contributed by atoms with E-state index >= 15 is 0 Å². The Morgan fingerprint density at radius 3 is 2.16 bits per heavy atom. The Bertz CT molecular complexity index is 1050. The Morgan fingerprint density at radius 2 is 1.53 bits per heavy atom. The van der Waals surface area contributed by atoms with E-state index in [1.165, 1.54) is 42.5 Å². The van der Waals surface area contributed by atoms with Gasteiger partial charge in [0.1, 0.15) is 0 Å². The van der Waals surface area contributed by atoms with E-state index in [1.807, 2.05) is 36.4 Å². The van der Waals surface area contributed by atoms with E-state index in [4.69, 9.17) is 0 Å². The standard InChI is InChI=1S/C29H32N2O/c1-2-3-20-6-8-22(9-7-20)23-10-12-25(13-11-23)29(32)31-26-16-14-24(15-17-26)27-18-28(27)30-19-21-4-5-21/h6-17,21,27-28,30H,2-5,18-19H2,1H3,(H,31,32)/t27-,28+/m0/s1. The van der Waals surface area contributed by atoms with Gasteiger partial charge in [0.05, 0.1) is 0 Å². The van der Waals surface area contributed by atoms with Gasteiger partial charge in [-0.3, -0.25) is 4.79 Å². The Kier molecular flexibility index (Phi) is 6.09. The first-order valence-electron chi connectivity index (χ1n) is 12.0. The van der Waals surface area contributed by atoms with Gasteiger partial charge in [-0.15, -0.1) is 0 Å². The Hall–Kier alpha value is -2.91. The molecule has 0 saturated heterocycles. The van der Waals surface area contributed by atoms with Gasteiger partial charge < -0.3 is 10.6 Å². The molecule has 2 fully saturated rings. The zero-order valence-corrected chi connectivity index (χ0v) is 18.8. The summed E-state index contributed by atoms with van der Waals surface area (Å²) in [6, 6.07) is 25.5. The number of carbonyl (C=O) groups is 1. The van der Waals surface area contributed by atoms with Gasteiger partial charge in [-0.1, -0.05) is 61.9 Å². The molecule has 0 bridgehead atoms. The average molecular weight is 425 g/mol. The molecule has 3 aromatic carbocycles. The summed E-state index contributed by atoms with van der Waals surface area (Å²) in [4.78, 5) is 12.7. The number of carbonyl (C=O) groups excluding carboxylic acids is 1. The van der Waals surface area contributed by atoms with E-state index in [9.17, 15) is 4.79 Å². The second-order valence-electron chi connectivity index (χ2n) is 9.40. The number of hydrogen-bond acceptors (Lipinski definition) is 2. The molecule has 0 unspecified atom stereocenters. The van der Waals surface area contributed by atoms with Crippen LogP contribution in [0.2, 0.25) is 0 Å². The van der Waals surface area contributed by atoms with Gasteiger partial charge in [-0.25, -0.2) is 0 Å². The molecule has 2 saturated carbocycles. The van der Waals surface area contributed by atoms with Gasteiger partial charge in [0, 0.05) is 23.2 Å². The fourth-order valence-corrected chi connectivity index (χ4v) is 4.41. The number of hydrogen-bond donors (Lipinski definition) is 2. The highest BCUT2D eigenvalue weighted by Gasteiger charge is 2.38. The summed E-state index contributed by atoms with van der Waals surface area (Å²) in [7, 11) is 0. The molecule has 164 valence electrons. The number of nitrogens with one attached hydrogen (secondary N) is 2. The highest BCUT2D eigenvalue weighted by atomic mass is 16.1. The molecule has 1 amide bonds. The van der Waals surface area contributed by atoms with Gasteiger partial charge in [0.15, 0.2) is 0 Å². The van der Waals surface area contributed by atoms with Crippen LogP contribution in [0.3, 0.4) is 0 Å². The predicted octanol–water partition coefficient (Wildman–Crippen LogP) is 6.41. The molecule has 2 N–H and O–H groups in total. The molecule has 32 heavy (non-hydrogen) atoms. The Balaban J connectivity index is 1.16. The van der Waals surface area contributed by atoms with Crippen molar-refractivity contribution in [1.82, 2.24) is 5.32 Å². The van der Waals surface area contributed by atoms with Crippen LogP contribution in [0.1, 0.15) is 60.0 Å². The van der Waals surface area contributed by atoms with E-state index in [-0.39, 0.29) is 5.91 Å². The molecule has 0 heterocycles. The molecule has 0 aliphatic heterocycles. The Morgan fingerprint density at radius 1 is 0.875 bits per heavy atom. The van der Waals surface area contributed by atoms with Gasteiger partial charge in [0.2, 0.25) is 0 Å². The van der Waals surface area contributed by atoms with Gasteiger partial charge in [0.25, 0.3) is 5.91 Å². The molecule has 3 aromatic rings. The molecule has 2 atom stereocenters. The van der Waals surface area contributed by atoms with E-state index < -0.39 is 0 Å². The SMILES string of the molecule is CCCc1ccc(-c2ccc(C(=O)Nc3ccc([C@@H]4C[C@H]4NCC4CC4)cc3)cc2)cc1. The smallest absolute Gasteiger partial charge is 0.255 e. The third-order valence-electron chi connectivity index (χ3n) is 6.73. The van der Waals surface area contributed by atoms with Crippen LogP contribution >= 0.6 is 0 Å². The number of aryl methyl sites for hydroxylation is 1. The summed E-state index contributed by atoms with van der Waals surface area (Å²) in [5.41, 5.74) is 6.56. The van der Waals surface area contributed by atoms with E-state index in [0.717, 1.165) is 30.0 Å². The average Bonchev–Trinajstić information content (AvgIpc) is 3.74. The van der Waals surface area contributed by atoms with Crippen LogP contribution in [0.4, 0.5) is 5.69 Å². The van der Waals surface area contributed by atoms with Crippen molar-refractivity contribution in [3.63, 3.8) is 0 Å². The van der Waals surface area contributed by atoms with Crippen LogP contribution in [0.5, 0.6) is 0 Å². The van der Waals surface area contributed by atoms with Crippen molar-refractivity contribution in [1.29, 1.82) is 0 Å². The van der Waals surface area contributed by atoms with Gasteiger partial charge >= 0.3 is 0 Å². The summed E-state index contributed by atoms with van der Waals surface area (Å²) < 4.78 is 0. The van der Waals surface area contributed by atoms with Crippen molar-refractivity contribution >= 4 is 11.6 Å². The van der Waals surface area contributed by atoms with Gasteiger partial charge in [-0.2, -0.15) is 0 Å². The normalized spacial score (nSPS) is 19.5. The van der Waals surface area contributed by atoms with Crippen molar-refractivity contribution < 1.29 is 4.79 Å². The first-order valence-corrected chi connectivity index (χ1v) is 12.0. The lowest BCUT2D eigenvalue weighted by Crippen LogP contribution is -2.20. The summed E-state index contributed by atoms with van der Waals surface area (Å²) in [5, 5.41) is 6.72. The summed E-state index contributed by atoms with van der Waals surface area (Å²) in [6.45, 7) is 3.38. The third-order valence-corrected chi connectivity index (χ3v) is 6.73. The molecule has 5 rings (SSSR count). The first-order chi connectivity index (χ1) is 15.7. The second-order valence-corrected chi connectivity index (χ2v) is 9.40. The minimum absolute atomic E-state index is 0.0713. The Labute approximate surface area is 191 Å². The zero-order chi connectivity index (χ0) is 21.9. The lowest BCUT2D eigenvalue weighted by Gasteiger charge is -2.08. The van der Waals surface area contributed by atoms with E-state index in [0.29, 0.717) is 17.5 Å². The molecule has 2 aliphatic rings. The maximum atomic E-state index is 12.7. The van der Waals surface area contributed by atoms with Crippen LogP contribution in [0.15, 0.2) is 72.8 Å². The molecular weight excluding hydrogens is 392 g/mol. The predicted molar refractivity (Wildman–Crippen MR) is 132 cm³/mol. The maximum Gasteiger partial charge on any atom is 0.255 e. The van der Waals surface area contributed by atoms with Crippen molar-refractivity contribution in [2.45, 2.75) is 51.0 Å². The van der Waals surface area contributed by atoms with Crippen LogP contribution in [-0.4, -0.2) is 18.5 Å². The molecule has 3 nitrogen and oxygen atoms in total. The molecule has 0 radical (unpaired) electrons. The van der Waals surface area contributed by atoms with E-state index in [2.05, 4.69) is 54.0 Å². The number of benzene rings is 3. The minimum Gasteiger partial charge on any atom is -0.322 e. The fraction of sp³-hybridized carbons (Fsp3) is 0.345. The summed E-state index contributed by atoms with van der Waals surface area (Å²) in [6.07, 6.45) is 6.29. The molecule has 3 heteroatoms. The first kappa shape index (κ1) is 21.0. The van der Waals surface area contributed by atoms with E-state index in [1.54, 1.807) is 0 Å². The third kappa shape index (κ3) is 5.11. The number of amides is 1. The number of rotatable bonds is 9. The number of anilines is 1. The lowest BCUT2D eigenvalue weighted by atomic mass is 10.0. The maximum absolute atomic E-state index is 12.7. The van der Waals surface area contributed by atoms with Crippen molar-refractivity contribution in [3.05, 3.63) is 89.5 Å². The summed E-state index contributed by atoms with van der Waals surface area (Å²) in [5.74, 6) is 1.48. The van der Waals surface area contributed by atoms with Crippen molar-refractivity contribution in [2.75, 3.05) is 11.9 Å². The quantitative estimate of drug-likeness (QED) is 0.416. The summed E-state index contributed by atoms with van der Waals surface area (Å²) >= 11 is 0. The minimum atomic E-state index is -0.0713. The molecule has 0 aromatic heterocycles. The molecule has 2 aliphatic carbocycles. The van der Waals surface area contributed by atoms with Gasteiger partial charge in [-0.05, 0) is 84.7 Å². The largest absolute Gasteiger partial charge is 0.322 e. The highest BCUT2D eigenvalue weighted by molar-refractivity contribution is 6.04. The van der Waals surface area contributed by atoms with Crippen LogP contribution in [-0.2, 0) is 6.42 Å². The monoisotopic (exact) mass is 424 g/mol. The molecular formula is C29H32N2O. The fourth-order valence-electron chi connectivity index (χ4n) is 4.41. The zero-order valence-electron chi connectivity index (χ0n) is 18.8. The van der Waals surface area contributed by atoms with Crippen molar-refractivity contribution in [2.24, 2.45) is 5.92 Å².